The lowest BCUT2D eigenvalue weighted by atomic mass is 10.1. The zero-order chi connectivity index (χ0) is 37.0. The van der Waals surface area contributed by atoms with E-state index in [1.165, 1.54) is 65.3 Å². The second-order valence-corrected chi connectivity index (χ2v) is 12.2. The van der Waals surface area contributed by atoms with E-state index in [1.807, 2.05) is 71.4 Å². The SMILES string of the molecule is COc1cc(/C(=N/O)c2csc(-c3ccccc3)n2)cc(OC)c1OC.COc1cc(/C(=N\O)c2csc(-c3ccccc3)n2)cc(OC)c1OC. The largest absolute Gasteiger partial charge is 0.493 e. The van der Waals surface area contributed by atoms with Crippen molar-refractivity contribution in [2.75, 3.05) is 42.7 Å². The number of methoxy groups -OCH3 is 6. The van der Waals surface area contributed by atoms with Gasteiger partial charge in [0.25, 0.3) is 0 Å². The Kier molecular flexibility index (Phi) is 12.6. The van der Waals surface area contributed by atoms with Gasteiger partial charge in [0.1, 0.15) is 32.8 Å². The Hall–Kier alpha value is -6.12. The van der Waals surface area contributed by atoms with Gasteiger partial charge in [0.05, 0.1) is 42.7 Å². The van der Waals surface area contributed by atoms with Crippen molar-refractivity contribution in [1.29, 1.82) is 0 Å². The van der Waals surface area contributed by atoms with Gasteiger partial charge in [-0.1, -0.05) is 71.0 Å². The van der Waals surface area contributed by atoms with Crippen LogP contribution in [0.4, 0.5) is 0 Å². The van der Waals surface area contributed by atoms with Crippen LogP contribution in [0, 0.1) is 0 Å². The molecule has 4 aromatic carbocycles. The zero-order valence-electron chi connectivity index (χ0n) is 29.2. The molecule has 0 aliphatic rings. The number of aromatic nitrogens is 2. The second-order valence-electron chi connectivity index (χ2n) is 10.5. The van der Waals surface area contributed by atoms with Crippen molar-refractivity contribution in [2.45, 2.75) is 0 Å². The van der Waals surface area contributed by atoms with E-state index in [2.05, 4.69) is 20.3 Å². The molecule has 2 aromatic heterocycles. The molecule has 0 spiro atoms. The van der Waals surface area contributed by atoms with E-state index >= 15 is 0 Å². The first-order chi connectivity index (χ1) is 25.4. The molecule has 6 rings (SSSR count). The highest BCUT2D eigenvalue weighted by Crippen LogP contribution is 2.40. The summed E-state index contributed by atoms with van der Waals surface area (Å²) in [4.78, 5) is 9.19. The smallest absolute Gasteiger partial charge is 0.203 e. The molecule has 14 heteroatoms. The summed E-state index contributed by atoms with van der Waals surface area (Å²) in [5.74, 6) is 2.84. The van der Waals surface area contributed by atoms with Gasteiger partial charge in [-0.05, 0) is 24.3 Å². The molecule has 0 atom stereocenters. The Morgan fingerprint density at radius 1 is 0.500 bits per heavy atom. The fraction of sp³-hybridized carbons (Fsp3) is 0.158. The molecule has 0 saturated carbocycles. The van der Waals surface area contributed by atoms with Crippen molar-refractivity contribution < 1.29 is 38.8 Å². The van der Waals surface area contributed by atoms with Crippen molar-refractivity contribution in [3.63, 3.8) is 0 Å². The number of ether oxygens (including phenoxy) is 6. The van der Waals surface area contributed by atoms with Crippen molar-refractivity contribution in [3.8, 4) is 55.6 Å². The monoisotopic (exact) mass is 740 g/mol. The molecule has 12 nitrogen and oxygen atoms in total. The van der Waals surface area contributed by atoms with Crippen LogP contribution in [-0.2, 0) is 0 Å². The number of oxime groups is 2. The van der Waals surface area contributed by atoms with Crippen LogP contribution < -0.4 is 28.4 Å². The minimum absolute atomic E-state index is 0.322. The summed E-state index contributed by atoms with van der Waals surface area (Å²) in [7, 11) is 9.21. The van der Waals surface area contributed by atoms with E-state index in [4.69, 9.17) is 28.4 Å². The summed E-state index contributed by atoms with van der Waals surface area (Å²) in [5.41, 5.74) is 4.98. The number of hydrogen-bond acceptors (Lipinski definition) is 14. The van der Waals surface area contributed by atoms with Crippen molar-refractivity contribution in [3.05, 3.63) is 118 Å². The molecule has 0 bridgehead atoms. The van der Waals surface area contributed by atoms with E-state index < -0.39 is 0 Å². The Bertz CT molecular complexity index is 1950. The van der Waals surface area contributed by atoms with E-state index in [-0.39, 0.29) is 0 Å². The third-order valence-corrected chi connectivity index (χ3v) is 9.39. The predicted molar refractivity (Wildman–Crippen MR) is 202 cm³/mol. The third kappa shape index (κ3) is 8.09. The van der Waals surface area contributed by atoms with Crippen molar-refractivity contribution in [1.82, 2.24) is 9.97 Å². The third-order valence-electron chi connectivity index (χ3n) is 7.61. The van der Waals surface area contributed by atoms with E-state index in [9.17, 15) is 10.4 Å². The topological polar surface area (TPSA) is 146 Å². The summed E-state index contributed by atoms with van der Waals surface area (Å²) in [6, 6.07) is 26.5. The van der Waals surface area contributed by atoms with Crippen LogP contribution in [0.25, 0.3) is 21.1 Å². The lowest BCUT2D eigenvalue weighted by Crippen LogP contribution is -2.06. The maximum Gasteiger partial charge on any atom is 0.203 e. The number of nitrogens with zero attached hydrogens (tertiary/aromatic N) is 4. The summed E-state index contributed by atoms with van der Waals surface area (Å²) in [6.07, 6.45) is 0. The number of thiazole rings is 2. The number of rotatable bonds is 12. The van der Waals surface area contributed by atoms with Crippen LogP contribution in [0.3, 0.4) is 0 Å². The van der Waals surface area contributed by atoms with Crippen LogP contribution in [0.2, 0.25) is 0 Å². The molecule has 0 aliphatic heterocycles. The molecular formula is C38H36N4O8S2. The molecule has 6 aromatic rings. The molecule has 52 heavy (non-hydrogen) atoms. The molecule has 0 amide bonds. The van der Waals surface area contributed by atoms with Crippen LogP contribution in [0.5, 0.6) is 34.5 Å². The van der Waals surface area contributed by atoms with Gasteiger partial charge in [-0.3, -0.25) is 0 Å². The average molecular weight is 741 g/mol. The highest BCUT2D eigenvalue weighted by atomic mass is 32.1. The lowest BCUT2D eigenvalue weighted by molar-refractivity contribution is 0.318. The molecule has 0 unspecified atom stereocenters. The fourth-order valence-corrected chi connectivity index (χ4v) is 6.76. The highest BCUT2D eigenvalue weighted by molar-refractivity contribution is 7.13. The fourth-order valence-electron chi connectivity index (χ4n) is 5.14. The minimum Gasteiger partial charge on any atom is -0.493 e. The van der Waals surface area contributed by atoms with Crippen LogP contribution in [-0.4, -0.2) is 74.5 Å². The zero-order valence-corrected chi connectivity index (χ0v) is 30.8. The van der Waals surface area contributed by atoms with Crippen LogP contribution in [0.15, 0.2) is 106 Å². The van der Waals surface area contributed by atoms with Gasteiger partial charge >= 0.3 is 0 Å². The van der Waals surface area contributed by atoms with Crippen molar-refractivity contribution >= 4 is 34.1 Å². The second kappa shape index (κ2) is 17.7. The van der Waals surface area contributed by atoms with Gasteiger partial charge < -0.3 is 38.8 Å². The summed E-state index contributed by atoms with van der Waals surface area (Å²) in [6.45, 7) is 0. The first-order valence-electron chi connectivity index (χ1n) is 15.5. The standard InChI is InChI=1S/2C19H18N2O4S/c2*1-23-15-9-13(10-16(24-2)18(15)25-3)17(21-22)14-11-26-19(20-14)12-7-5-4-6-8-12/h2*4-11,22H,1-3H3/b21-17+;21-17-. The first-order valence-corrected chi connectivity index (χ1v) is 17.3. The average Bonchev–Trinajstić information content (AvgIpc) is 3.90. The number of hydrogen-bond donors (Lipinski definition) is 2. The Balaban J connectivity index is 0.000000201. The summed E-state index contributed by atoms with van der Waals surface area (Å²) >= 11 is 2.96. The van der Waals surface area contributed by atoms with Crippen LogP contribution >= 0.6 is 22.7 Å². The summed E-state index contributed by atoms with van der Waals surface area (Å²) < 4.78 is 32.1. The van der Waals surface area contributed by atoms with Gasteiger partial charge in [-0.15, -0.1) is 22.7 Å². The quantitative estimate of drug-likeness (QED) is 0.0717. The molecule has 268 valence electrons. The van der Waals surface area contributed by atoms with Gasteiger partial charge in [-0.2, -0.15) is 0 Å². The van der Waals surface area contributed by atoms with Crippen LogP contribution in [0.1, 0.15) is 22.5 Å². The van der Waals surface area contributed by atoms with E-state index in [1.54, 1.807) is 24.3 Å². The maximum absolute atomic E-state index is 9.61. The minimum atomic E-state index is 0.322. The molecule has 0 fully saturated rings. The van der Waals surface area contributed by atoms with E-state index in [0.29, 0.717) is 68.4 Å². The Morgan fingerprint density at radius 2 is 0.827 bits per heavy atom. The van der Waals surface area contributed by atoms with Gasteiger partial charge in [-0.25, -0.2) is 9.97 Å². The molecule has 2 N–H and O–H groups in total. The maximum atomic E-state index is 9.61. The van der Waals surface area contributed by atoms with Gasteiger partial charge in [0.2, 0.25) is 11.5 Å². The Labute approximate surface area is 308 Å². The molecule has 2 heterocycles. The van der Waals surface area contributed by atoms with Crippen molar-refractivity contribution in [2.24, 2.45) is 10.3 Å². The molecule has 0 radical (unpaired) electrons. The molecular weight excluding hydrogens is 705 g/mol. The normalized spacial score (nSPS) is 11.3. The summed E-state index contributed by atoms with van der Waals surface area (Å²) in [5, 5.41) is 31.5. The number of benzene rings is 4. The molecule has 0 saturated heterocycles. The lowest BCUT2D eigenvalue weighted by Gasteiger charge is -2.14. The van der Waals surface area contributed by atoms with Gasteiger partial charge in [0, 0.05) is 33.0 Å². The predicted octanol–water partition coefficient (Wildman–Crippen LogP) is 8.13. The Morgan fingerprint density at radius 3 is 1.10 bits per heavy atom. The highest BCUT2D eigenvalue weighted by Gasteiger charge is 2.21. The van der Waals surface area contributed by atoms with E-state index in [0.717, 1.165) is 21.1 Å². The molecule has 0 aliphatic carbocycles. The first kappa shape index (κ1) is 37.1. The van der Waals surface area contributed by atoms with Gasteiger partial charge in [0.15, 0.2) is 23.0 Å².